The fourth-order valence-corrected chi connectivity index (χ4v) is 2.28. The monoisotopic (exact) mass is 382 g/mol. The van der Waals surface area contributed by atoms with Gasteiger partial charge in [-0.2, -0.15) is 0 Å². The Morgan fingerprint density at radius 1 is 1.22 bits per heavy atom. The van der Waals surface area contributed by atoms with E-state index in [1.807, 2.05) is 0 Å². The summed E-state index contributed by atoms with van der Waals surface area (Å²) in [5.74, 6) is -2.11. The van der Waals surface area contributed by atoms with Crippen molar-refractivity contribution >= 4 is 39.1 Å². The van der Waals surface area contributed by atoms with Crippen molar-refractivity contribution in [3.05, 3.63) is 52.0 Å². The average Bonchev–Trinajstić information content (AvgIpc) is 2.51. The highest BCUT2D eigenvalue weighted by Crippen LogP contribution is 2.29. The van der Waals surface area contributed by atoms with Crippen LogP contribution < -0.4 is 15.4 Å². The van der Waals surface area contributed by atoms with Crippen molar-refractivity contribution in [1.29, 1.82) is 0 Å². The van der Waals surface area contributed by atoms with Gasteiger partial charge >= 0.3 is 0 Å². The largest absolute Gasteiger partial charge is 0.482 e. The van der Waals surface area contributed by atoms with E-state index >= 15 is 0 Å². The lowest BCUT2D eigenvalue weighted by Gasteiger charge is -2.18. The second kappa shape index (κ2) is 5.96. The molecule has 2 aromatic rings. The lowest BCUT2D eigenvalue weighted by atomic mass is 10.1. The fourth-order valence-electron chi connectivity index (χ4n) is 2.06. The third-order valence-corrected chi connectivity index (χ3v) is 3.87. The van der Waals surface area contributed by atoms with Gasteiger partial charge in [-0.25, -0.2) is 8.78 Å². The van der Waals surface area contributed by atoms with Crippen LogP contribution >= 0.6 is 15.9 Å². The normalized spacial score (nSPS) is 12.9. The maximum Gasteiger partial charge on any atom is 0.262 e. The molecule has 8 heteroatoms. The number of anilines is 2. The Hall–Kier alpha value is -2.48. The van der Waals surface area contributed by atoms with Gasteiger partial charge < -0.3 is 15.4 Å². The summed E-state index contributed by atoms with van der Waals surface area (Å²) in [6.07, 6.45) is 0. The van der Waals surface area contributed by atoms with E-state index in [9.17, 15) is 18.4 Å². The lowest BCUT2D eigenvalue weighted by molar-refractivity contribution is -0.118. The number of hydrogen-bond donors (Lipinski definition) is 2. The van der Waals surface area contributed by atoms with Crippen LogP contribution in [0.5, 0.6) is 5.75 Å². The Morgan fingerprint density at radius 2 is 1.91 bits per heavy atom. The first-order chi connectivity index (χ1) is 10.9. The molecule has 0 saturated heterocycles. The van der Waals surface area contributed by atoms with Crippen molar-refractivity contribution in [3.8, 4) is 5.75 Å². The van der Waals surface area contributed by atoms with Crippen molar-refractivity contribution in [3.63, 3.8) is 0 Å². The van der Waals surface area contributed by atoms with Gasteiger partial charge in [0, 0.05) is 11.3 Å². The Labute approximate surface area is 137 Å². The second-order valence-corrected chi connectivity index (χ2v) is 5.55. The maximum atomic E-state index is 13.5. The molecule has 0 bridgehead atoms. The highest BCUT2D eigenvalue weighted by Gasteiger charge is 2.18. The van der Waals surface area contributed by atoms with E-state index < -0.39 is 17.5 Å². The Morgan fingerprint density at radius 3 is 2.61 bits per heavy atom. The smallest absolute Gasteiger partial charge is 0.262 e. The van der Waals surface area contributed by atoms with Gasteiger partial charge in [0.1, 0.15) is 17.4 Å². The quantitative estimate of drug-likeness (QED) is 0.783. The molecule has 0 spiro atoms. The number of hydrogen-bond acceptors (Lipinski definition) is 3. The summed E-state index contributed by atoms with van der Waals surface area (Å²) in [6.45, 7) is -0.0873. The Bertz CT molecular complexity index is 803. The molecule has 2 N–H and O–H groups in total. The lowest BCUT2D eigenvalue weighted by Crippen LogP contribution is -2.25. The second-order valence-electron chi connectivity index (χ2n) is 4.76. The number of nitrogens with one attached hydrogen (secondary N) is 2. The van der Waals surface area contributed by atoms with Crippen LogP contribution in [0.4, 0.5) is 20.2 Å². The number of ether oxygens (including phenoxy) is 1. The Balaban J connectivity index is 1.84. The summed E-state index contributed by atoms with van der Waals surface area (Å²) in [5.41, 5.74) is 0.548. The SMILES string of the molecule is O=C1COc2ccc(C(=O)Nc3cc(F)c(Br)c(F)c3)cc2N1. The molecular formula is C15H9BrF2N2O3. The highest BCUT2D eigenvalue weighted by atomic mass is 79.9. The molecule has 0 unspecified atom stereocenters. The van der Waals surface area contributed by atoms with Crippen LogP contribution in [0.15, 0.2) is 34.8 Å². The molecule has 0 aliphatic carbocycles. The number of amides is 2. The number of rotatable bonds is 2. The third kappa shape index (κ3) is 3.16. The minimum Gasteiger partial charge on any atom is -0.482 e. The van der Waals surface area contributed by atoms with Crippen LogP contribution in [0.3, 0.4) is 0 Å². The van der Waals surface area contributed by atoms with Crippen LogP contribution in [0.2, 0.25) is 0 Å². The molecule has 2 amide bonds. The zero-order chi connectivity index (χ0) is 16.6. The predicted molar refractivity (Wildman–Crippen MR) is 82.6 cm³/mol. The summed E-state index contributed by atoms with van der Waals surface area (Å²) in [6, 6.07) is 6.43. The molecule has 1 heterocycles. The molecule has 0 radical (unpaired) electrons. The number of fused-ring (bicyclic) bond motifs is 1. The zero-order valence-electron chi connectivity index (χ0n) is 11.5. The zero-order valence-corrected chi connectivity index (χ0v) is 13.0. The van der Waals surface area contributed by atoms with Crippen LogP contribution in [0.1, 0.15) is 10.4 Å². The molecular weight excluding hydrogens is 374 g/mol. The molecule has 0 atom stereocenters. The molecule has 23 heavy (non-hydrogen) atoms. The van der Waals surface area contributed by atoms with Gasteiger partial charge in [0.15, 0.2) is 6.61 Å². The van der Waals surface area contributed by atoms with Gasteiger partial charge in [0.05, 0.1) is 10.2 Å². The molecule has 3 rings (SSSR count). The van der Waals surface area contributed by atoms with Gasteiger partial charge in [0.25, 0.3) is 11.8 Å². The first kappa shape index (κ1) is 15.4. The maximum absolute atomic E-state index is 13.5. The summed E-state index contributed by atoms with van der Waals surface area (Å²) in [4.78, 5) is 23.4. The first-order valence-corrected chi connectivity index (χ1v) is 7.26. The number of carbonyl (C=O) groups is 2. The van der Waals surface area contributed by atoms with E-state index in [1.54, 1.807) is 0 Å². The summed E-state index contributed by atoms with van der Waals surface area (Å²) in [7, 11) is 0. The molecule has 5 nitrogen and oxygen atoms in total. The fraction of sp³-hybridized carbons (Fsp3) is 0.0667. The predicted octanol–water partition coefficient (Wildman–Crippen LogP) is 3.31. The van der Waals surface area contributed by atoms with E-state index in [1.165, 1.54) is 18.2 Å². The number of carbonyl (C=O) groups excluding carboxylic acids is 2. The summed E-state index contributed by atoms with van der Waals surface area (Å²) in [5, 5.41) is 4.97. The summed E-state index contributed by atoms with van der Waals surface area (Å²) >= 11 is 2.75. The topological polar surface area (TPSA) is 67.4 Å². The van der Waals surface area contributed by atoms with Crippen molar-refractivity contribution in [2.75, 3.05) is 17.2 Å². The van der Waals surface area contributed by atoms with E-state index in [-0.39, 0.29) is 28.2 Å². The van der Waals surface area contributed by atoms with E-state index in [0.717, 1.165) is 12.1 Å². The van der Waals surface area contributed by atoms with Gasteiger partial charge in [0.2, 0.25) is 0 Å². The minimum atomic E-state index is -0.827. The third-order valence-electron chi connectivity index (χ3n) is 3.12. The van der Waals surface area contributed by atoms with E-state index in [4.69, 9.17) is 4.74 Å². The van der Waals surface area contributed by atoms with E-state index in [2.05, 4.69) is 26.6 Å². The average molecular weight is 383 g/mol. The van der Waals surface area contributed by atoms with Crippen molar-refractivity contribution in [2.24, 2.45) is 0 Å². The minimum absolute atomic E-state index is 0.0220. The van der Waals surface area contributed by atoms with Gasteiger partial charge in [-0.15, -0.1) is 0 Å². The van der Waals surface area contributed by atoms with Crippen molar-refractivity contribution < 1.29 is 23.1 Å². The number of halogens is 3. The van der Waals surface area contributed by atoms with Crippen molar-refractivity contribution in [2.45, 2.75) is 0 Å². The molecule has 2 aromatic carbocycles. The molecule has 118 valence electrons. The molecule has 0 aromatic heterocycles. The molecule has 1 aliphatic rings. The first-order valence-electron chi connectivity index (χ1n) is 6.46. The van der Waals surface area contributed by atoms with Crippen LogP contribution in [-0.2, 0) is 4.79 Å². The van der Waals surface area contributed by atoms with Crippen LogP contribution in [0, 0.1) is 11.6 Å². The number of benzene rings is 2. The standard InChI is InChI=1S/C15H9BrF2N2O3/c16-14-9(17)4-8(5-10(14)18)19-15(22)7-1-2-12-11(3-7)20-13(21)6-23-12/h1-5H,6H2,(H,19,22)(H,20,21). The van der Waals surface area contributed by atoms with Gasteiger partial charge in [-0.1, -0.05) is 0 Å². The van der Waals surface area contributed by atoms with Crippen LogP contribution in [0.25, 0.3) is 0 Å². The van der Waals surface area contributed by atoms with Gasteiger partial charge in [-0.3, -0.25) is 9.59 Å². The van der Waals surface area contributed by atoms with Crippen LogP contribution in [-0.4, -0.2) is 18.4 Å². The Kier molecular flexibility index (Phi) is 3.99. The summed E-state index contributed by atoms with van der Waals surface area (Å²) < 4.78 is 31.8. The molecule has 0 fully saturated rings. The van der Waals surface area contributed by atoms with E-state index in [0.29, 0.717) is 11.4 Å². The molecule has 0 saturated carbocycles. The molecule has 1 aliphatic heterocycles. The highest BCUT2D eigenvalue weighted by molar-refractivity contribution is 9.10. The van der Waals surface area contributed by atoms with Crippen molar-refractivity contribution in [1.82, 2.24) is 0 Å². The van der Waals surface area contributed by atoms with Gasteiger partial charge in [-0.05, 0) is 46.3 Å².